The summed E-state index contributed by atoms with van der Waals surface area (Å²) in [5.41, 5.74) is 6.72. The van der Waals surface area contributed by atoms with Crippen molar-refractivity contribution in [3.8, 4) is 0 Å². The zero-order valence-corrected chi connectivity index (χ0v) is 14.5. The molecule has 0 aliphatic rings. The quantitative estimate of drug-likeness (QED) is 0.663. The van der Waals surface area contributed by atoms with Gasteiger partial charge in [-0.2, -0.15) is 5.10 Å². The van der Waals surface area contributed by atoms with E-state index in [1.807, 2.05) is 30.5 Å². The van der Waals surface area contributed by atoms with Gasteiger partial charge in [-0.3, -0.25) is 14.3 Å². The maximum Gasteiger partial charge on any atom is 0.246 e. The third kappa shape index (κ3) is 5.10. The summed E-state index contributed by atoms with van der Waals surface area (Å²) in [6.45, 7) is 2.08. The number of anilines is 2. The van der Waals surface area contributed by atoms with Crippen molar-refractivity contribution in [2.45, 2.75) is 18.4 Å². The molecule has 0 aliphatic heterocycles. The third-order valence-electron chi connectivity index (χ3n) is 3.38. The molecule has 0 radical (unpaired) electrons. The first kappa shape index (κ1) is 18.0. The minimum atomic E-state index is -0.277. The van der Waals surface area contributed by atoms with E-state index in [0.29, 0.717) is 5.69 Å². The Kier molecular flexibility index (Phi) is 6.39. The predicted molar refractivity (Wildman–Crippen MR) is 95.9 cm³/mol. The number of amides is 2. The van der Waals surface area contributed by atoms with Crippen molar-refractivity contribution >= 4 is 35.0 Å². The first-order valence-corrected chi connectivity index (χ1v) is 8.71. The van der Waals surface area contributed by atoms with Crippen LogP contribution in [0.2, 0.25) is 0 Å². The molecule has 24 heavy (non-hydrogen) atoms. The van der Waals surface area contributed by atoms with Crippen LogP contribution in [-0.4, -0.2) is 34.4 Å². The van der Waals surface area contributed by atoms with Gasteiger partial charge in [0.15, 0.2) is 0 Å². The molecule has 2 rings (SSSR count). The van der Waals surface area contributed by atoms with Gasteiger partial charge in [0.25, 0.3) is 0 Å². The van der Waals surface area contributed by atoms with Crippen LogP contribution >= 0.6 is 11.8 Å². The van der Waals surface area contributed by atoms with Gasteiger partial charge in [0.05, 0.1) is 11.9 Å². The number of carbonyl (C=O) groups excluding carboxylic acids is 2. The fraction of sp³-hybridized carbons (Fsp3) is 0.312. The first-order valence-electron chi connectivity index (χ1n) is 7.49. The van der Waals surface area contributed by atoms with E-state index >= 15 is 0 Å². The Morgan fingerprint density at radius 2 is 1.96 bits per heavy atom. The van der Waals surface area contributed by atoms with Crippen LogP contribution in [0.4, 0.5) is 11.4 Å². The van der Waals surface area contributed by atoms with E-state index in [1.165, 1.54) is 10.9 Å². The van der Waals surface area contributed by atoms with E-state index in [1.54, 1.807) is 24.9 Å². The van der Waals surface area contributed by atoms with Crippen molar-refractivity contribution in [1.29, 1.82) is 0 Å². The lowest BCUT2D eigenvalue weighted by Gasteiger charge is -2.07. The van der Waals surface area contributed by atoms with Crippen molar-refractivity contribution in [2.75, 3.05) is 23.4 Å². The van der Waals surface area contributed by atoms with Crippen LogP contribution in [0.3, 0.4) is 0 Å². The molecule has 0 saturated carbocycles. The van der Waals surface area contributed by atoms with Gasteiger partial charge in [-0.05, 0) is 30.5 Å². The standard InChI is InChI=1S/C16H21N5O2S/c1-11(7-17)16(23)20-13-8-18-21(9-13)10-15(22)19-12-3-5-14(24-2)6-4-12/h3-6,8-9,11H,7,10,17H2,1-2H3,(H,19,22)(H,20,23). The van der Waals surface area contributed by atoms with Crippen molar-refractivity contribution in [1.82, 2.24) is 9.78 Å². The van der Waals surface area contributed by atoms with Crippen LogP contribution in [0.25, 0.3) is 0 Å². The summed E-state index contributed by atoms with van der Waals surface area (Å²) in [6, 6.07) is 7.60. The summed E-state index contributed by atoms with van der Waals surface area (Å²) >= 11 is 1.64. The lowest BCUT2D eigenvalue weighted by Crippen LogP contribution is -2.26. The Hall–Kier alpha value is -2.32. The highest BCUT2D eigenvalue weighted by Crippen LogP contribution is 2.17. The molecular weight excluding hydrogens is 326 g/mol. The lowest BCUT2D eigenvalue weighted by molar-refractivity contribution is -0.119. The highest BCUT2D eigenvalue weighted by Gasteiger charge is 2.12. The second-order valence-electron chi connectivity index (χ2n) is 5.33. The number of rotatable bonds is 7. The van der Waals surface area contributed by atoms with Crippen LogP contribution in [0.15, 0.2) is 41.6 Å². The van der Waals surface area contributed by atoms with Gasteiger partial charge >= 0.3 is 0 Å². The lowest BCUT2D eigenvalue weighted by atomic mass is 10.2. The van der Waals surface area contributed by atoms with Gasteiger partial charge < -0.3 is 16.4 Å². The van der Waals surface area contributed by atoms with Crippen LogP contribution in [-0.2, 0) is 16.1 Å². The van der Waals surface area contributed by atoms with E-state index < -0.39 is 0 Å². The summed E-state index contributed by atoms with van der Waals surface area (Å²) in [7, 11) is 0. The summed E-state index contributed by atoms with van der Waals surface area (Å²) < 4.78 is 1.47. The highest BCUT2D eigenvalue weighted by atomic mass is 32.2. The predicted octanol–water partition coefficient (Wildman–Crippen LogP) is 1.78. The van der Waals surface area contributed by atoms with Gasteiger partial charge in [0.2, 0.25) is 11.8 Å². The number of benzene rings is 1. The molecular formula is C16H21N5O2S. The summed E-state index contributed by atoms with van der Waals surface area (Å²) in [6.07, 6.45) is 5.11. The highest BCUT2D eigenvalue weighted by molar-refractivity contribution is 7.98. The Balaban J connectivity index is 1.89. The molecule has 2 aromatic rings. The summed E-state index contributed by atoms with van der Waals surface area (Å²) in [5, 5.41) is 9.59. The van der Waals surface area contributed by atoms with Gasteiger partial charge in [-0.1, -0.05) is 6.92 Å². The zero-order valence-electron chi connectivity index (χ0n) is 13.7. The third-order valence-corrected chi connectivity index (χ3v) is 4.12. The minimum absolute atomic E-state index is 0.0621. The largest absolute Gasteiger partial charge is 0.330 e. The number of nitrogens with one attached hydrogen (secondary N) is 2. The molecule has 1 aromatic heterocycles. The molecule has 4 N–H and O–H groups in total. The molecule has 128 valence electrons. The maximum absolute atomic E-state index is 12.0. The number of hydrogen-bond acceptors (Lipinski definition) is 5. The van der Waals surface area contributed by atoms with E-state index in [2.05, 4.69) is 15.7 Å². The average Bonchev–Trinajstić information content (AvgIpc) is 3.01. The van der Waals surface area contributed by atoms with Gasteiger partial charge in [-0.25, -0.2) is 0 Å². The Bertz CT molecular complexity index is 699. The van der Waals surface area contributed by atoms with Gasteiger partial charge in [0, 0.05) is 29.2 Å². The molecule has 0 spiro atoms. The van der Waals surface area contributed by atoms with Crippen molar-refractivity contribution in [3.05, 3.63) is 36.7 Å². The Labute approximate surface area is 145 Å². The zero-order chi connectivity index (χ0) is 17.5. The van der Waals surface area contributed by atoms with E-state index in [4.69, 9.17) is 5.73 Å². The van der Waals surface area contributed by atoms with Gasteiger partial charge in [0.1, 0.15) is 6.54 Å². The molecule has 2 amide bonds. The van der Waals surface area contributed by atoms with Crippen molar-refractivity contribution in [2.24, 2.45) is 11.7 Å². The molecule has 0 fully saturated rings. The summed E-state index contributed by atoms with van der Waals surface area (Å²) in [5.74, 6) is -0.639. The number of thioether (sulfide) groups is 1. The van der Waals surface area contributed by atoms with Crippen molar-refractivity contribution in [3.63, 3.8) is 0 Å². The second-order valence-corrected chi connectivity index (χ2v) is 6.21. The molecule has 7 nitrogen and oxygen atoms in total. The van der Waals surface area contributed by atoms with Crippen LogP contribution in [0.5, 0.6) is 0 Å². The topological polar surface area (TPSA) is 102 Å². The molecule has 8 heteroatoms. The van der Waals surface area contributed by atoms with Crippen LogP contribution < -0.4 is 16.4 Å². The maximum atomic E-state index is 12.0. The van der Waals surface area contributed by atoms with Crippen molar-refractivity contribution < 1.29 is 9.59 Å². The Morgan fingerprint density at radius 3 is 2.58 bits per heavy atom. The van der Waals surface area contributed by atoms with E-state index in [9.17, 15) is 9.59 Å². The smallest absolute Gasteiger partial charge is 0.246 e. The number of nitrogens with two attached hydrogens (primary N) is 1. The monoisotopic (exact) mass is 347 g/mol. The SMILES string of the molecule is CSc1ccc(NC(=O)Cn2cc(NC(=O)C(C)CN)cn2)cc1. The average molecular weight is 347 g/mol. The number of carbonyl (C=O) groups is 2. The number of aromatic nitrogens is 2. The second kappa shape index (κ2) is 8.51. The van der Waals surface area contributed by atoms with Crippen LogP contribution in [0, 0.1) is 5.92 Å². The normalized spacial score (nSPS) is 11.8. The molecule has 1 heterocycles. The molecule has 0 bridgehead atoms. The van der Waals surface area contributed by atoms with Gasteiger partial charge in [-0.15, -0.1) is 11.8 Å². The summed E-state index contributed by atoms with van der Waals surface area (Å²) in [4.78, 5) is 24.9. The molecule has 1 unspecified atom stereocenters. The fourth-order valence-corrected chi connectivity index (χ4v) is 2.32. The van der Waals surface area contributed by atoms with E-state index in [-0.39, 0.29) is 30.8 Å². The van der Waals surface area contributed by atoms with Crippen LogP contribution in [0.1, 0.15) is 6.92 Å². The number of nitrogens with zero attached hydrogens (tertiary/aromatic N) is 2. The fourth-order valence-electron chi connectivity index (χ4n) is 1.91. The number of hydrogen-bond donors (Lipinski definition) is 3. The first-order chi connectivity index (χ1) is 11.5. The molecule has 1 aromatic carbocycles. The minimum Gasteiger partial charge on any atom is -0.330 e. The molecule has 1 atom stereocenters. The Morgan fingerprint density at radius 1 is 1.25 bits per heavy atom. The molecule has 0 aliphatic carbocycles. The molecule has 0 saturated heterocycles. The van der Waals surface area contributed by atoms with E-state index in [0.717, 1.165) is 10.6 Å².